The smallest absolute Gasteiger partial charge is 0.407 e. The molecule has 1 saturated carbocycles. The number of nitrogens with one attached hydrogen (secondary N) is 1. The van der Waals surface area contributed by atoms with Crippen LogP contribution in [0.1, 0.15) is 32.6 Å². The summed E-state index contributed by atoms with van der Waals surface area (Å²) in [5.41, 5.74) is 0. The lowest BCUT2D eigenvalue weighted by molar-refractivity contribution is 0.0946. The van der Waals surface area contributed by atoms with Crippen LogP contribution in [0.4, 0.5) is 4.79 Å². The second-order valence-electron chi connectivity index (χ2n) is 4.23. The largest absolute Gasteiger partial charge is 0.447 e. The molecule has 88 valence electrons. The third kappa shape index (κ3) is 5.02. The van der Waals surface area contributed by atoms with Crippen LogP contribution >= 0.6 is 0 Å². The van der Waals surface area contributed by atoms with Crippen LogP contribution in [0.5, 0.6) is 0 Å². The molecule has 1 aliphatic rings. The number of rotatable bonds is 4. The van der Waals surface area contributed by atoms with Crippen LogP contribution in [0, 0.1) is 5.92 Å². The molecule has 0 radical (unpaired) electrons. The predicted molar refractivity (Wildman–Crippen MR) is 57.8 cm³/mol. The van der Waals surface area contributed by atoms with Crippen molar-refractivity contribution < 1.29 is 14.3 Å². The van der Waals surface area contributed by atoms with E-state index in [0.717, 1.165) is 18.8 Å². The summed E-state index contributed by atoms with van der Waals surface area (Å²) in [5.74, 6) is 0.799. The van der Waals surface area contributed by atoms with Gasteiger partial charge in [0, 0.05) is 13.2 Å². The standard InChI is InChI=1S/C11H21NO3/c1-9-3-5-10(6-4-9)12-11(13)15-8-7-14-2/h9-10H,3-8H2,1-2H3,(H,12,13)/t9-,10-. The minimum absolute atomic E-state index is 0.302. The van der Waals surface area contributed by atoms with Gasteiger partial charge in [-0.15, -0.1) is 0 Å². The predicted octanol–water partition coefficient (Wildman–Crippen LogP) is 1.94. The Hall–Kier alpha value is -0.770. The van der Waals surface area contributed by atoms with Crippen molar-refractivity contribution in [3.05, 3.63) is 0 Å². The summed E-state index contributed by atoms with van der Waals surface area (Å²) in [6.45, 7) is 3.04. The van der Waals surface area contributed by atoms with Crippen molar-refractivity contribution >= 4 is 6.09 Å². The van der Waals surface area contributed by atoms with Crippen LogP contribution in [0.15, 0.2) is 0 Å². The van der Waals surface area contributed by atoms with Gasteiger partial charge in [-0.2, -0.15) is 0 Å². The Balaban J connectivity index is 2.09. The maximum Gasteiger partial charge on any atom is 0.407 e. The highest BCUT2D eigenvalue weighted by atomic mass is 16.6. The molecule has 0 unspecified atom stereocenters. The Bertz CT molecular complexity index is 188. The summed E-state index contributed by atoms with van der Waals surface area (Å²) in [6.07, 6.45) is 4.22. The summed E-state index contributed by atoms with van der Waals surface area (Å²) in [5, 5.41) is 2.88. The van der Waals surface area contributed by atoms with Crippen molar-refractivity contribution in [1.82, 2.24) is 5.32 Å². The van der Waals surface area contributed by atoms with Crippen molar-refractivity contribution in [3.63, 3.8) is 0 Å². The second-order valence-corrected chi connectivity index (χ2v) is 4.23. The highest BCUT2D eigenvalue weighted by molar-refractivity contribution is 5.67. The molecule has 0 atom stereocenters. The molecule has 0 bridgehead atoms. The lowest BCUT2D eigenvalue weighted by atomic mass is 9.87. The molecule has 0 aliphatic heterocycles. The Morgan fingerprint density at radius 3 is 2.53 bits per heavy atom. The highest BCUT2D eigenvalue weighted by Crippen LogP contribution is 2.23. The molecule has 4 heteroatoms. The number of carbonyl (C=O) groups is 1. The highest BCUT2D eigenvalue weighted by Gasteiger charge is 2.19. The minimum atomic E-state index is -0.313. The van der Waals surface area contributed by atoms with Crippen LogP contribution in [-0.2, 0) is 9.47 Å². The molecule has 1 N–H and O–H groups in total. The van der Waals surface area contributed by atoms with Gasteiger partial charge in [-0.25, -0.2) is 4.79 Å². The fourth-order valence-corrected chi connectivity index (χ4v) is 1.83. The molecular weight excluding hydrogens is 194 g/mol. The average molecular weight is 215 g/mol. The first-order chi connectivity index (χ1) is 7.22. The normalized spacial score (nSPS) is 26.0. The monoisotopic (exact) mass is 215 g/mol. The van der Waals surface area contributed by atoms with Gasteiger partial charge in [0.05, 0.1) is 6.61 Å². The van der Waals surface area contributed by atoms with Crippen LogP contribution < -0.4 is 5.32 Å². The van der Waals surface area contributed by atoms with Gasteiger partial charge < -0.3 is 14.8 Å². The summed E-state index contributed by atoms with van der Waals surface area (Å²) in [7, 11) is 1.59. The molecule has 0 aromatic heterocycles. The Labute approximate surface area is 91.3 Å². The zero-order valence-corrected chi connectivity index (χ0v) is 9.62. The summed E-state index contributed by atoms with van der Waals surface area (Å²) < 4.78 is 9.73. The molecule has 1 rings (SSSR count). The van der Waals surface area contributed by atoms with Crippen LogP contribution in [0.2, 0.25) is 0 Å². The van der Waals surface area contributed by atoms with Crippen LogP contribution in [0.25, 0.3) is 0 Å². The average Bonchev–Trinajstić information content (AvgIpc) is 2.22. The number of alkyl carbamates (subject to hydrolysis) is 1. The van der Waals surface area contributed by atoms with E-state index in [4.69, 9.17) is 9.47 Å². The fraction of sp³-hybridized carbons (Fsp3) is 0.909. The van der Waals surface area contributed by atoms with Crippen molar-refractivity contribution in [3.8, 4) is 0 Å². The number of hydrogen-bond acceptors (Lipinski definition) is 3. The molecule has 1 fully saturated rings. The van der Waals surface area contributed by atoms with E-state index < -0.39 is 0 Å². The van der Waals surface area contributed by atoms with Crippen molar-refractivity contribution in [2.75, 3.05) is 20.3 Å². The SMILES string of the molecule is COCCOC(=O)N[C@H]1CC[C@H](C)CC1. The number of amides is 1. The summed E-state index contributed by atoms with van der Waals surface area (Å²) in [6, 6.07) is 0.302. The van der Waals surface area contributed by atoms with E-state index in [-0.39, 0.29) is 6.09 Å². The lowest BCUT2D eigenvalue weighted by Crippen LogP contribution is -2.38. The first kappa shape index (κ1) is 12.3. The van der Waals surface area contributed by atoms with Gasteiger partial charge in [-0.3, -0.25) is 0 Å². The maximum absolute atomic E-state index is 11.3. The molecule has 1 amide bonds. The van der Waals surface area contributed by atoms with Gasteiger partial charge in [-0.05, 0) is 31.6 Å². The summed E-state index contributed by atoms with van der Waals surface area (Å²) in [4.78, 5) is 11.3. The van der Waals surface area contributed by atoms with E-state index in [1.807, 2.05) is 0 Å². The van der Waals surface area contributed by atoms with E-state index in [9.17, 15) is 4.79 Å². The number of methoxy groups -OCH3 is 1. The molecule has 15 heavy (non-hydrogen) atoms. The second kappa shape index (κ2) is 6.67. The van der Waals surface area contributed by atoms with Crippen molar-refractivity contribution in [2.24, 2.45) is 5.92 Å². The van der Waals surface area contributed by atoms with Gasteiger partial charge in [0.1, 0.15) is 6.61 Å². The van der Waals surface area contributed by atoms with E-state index >= 15 is 0 Å². The van der Waals surface area contributed by atoms with Gasteiger partial charge in [0.2, 0.25) is 0 Å². The molecular formula is C11H21NO3. The van der Waals surface area contributed by atoms with Crippen LogP contribution in [-0.4, -0.2) is 32.5 Å². The van der Waals surface area contributed by atoms with E-state index in [0.29, 0.717) is 19.3 Å². The molecule has 0 saturated heterocycles. The molecule has 0 aromatic carbocycles. The van der Waals surface area contributed by atoms with Gasteiger partial charge in [0.15, 0.2) is 0 Å². The molecule has 0 aromatic rings. The summed E-state index contributed by atoms with van der Waals surface area (Å²) >= 11 is 0. The zero-order valence-electron chi connectivity index (χ0n) is 9.62. The third-order valence-electron chi connectivity index (χ3n) is 2.86. The number of carbonyl (C=O) groups excluding carboxylic acids is 1. The molecule has 0 heterocycles. The molecule has 0 spiro atoms. The molecule has 4 nitrogen and oxygen atoms in total. The topological polar surface area (TPSA) is 47.6 Å². The van der Waals surface area contributed by atoms with Gasteiger partial charge in [-0.1, -0.05) is 6.92 Å². The Morgan fingerprint density at radius 2 is 1.93 bits per heavy atom. The van der Waals surface area contributed by atoms with E-state index in [1.54, 1.807) is 7.11 Å². The van der Waals surface area contributed by atoms with E-state index in [2.05, 4.69) is 12.2 Å². The molecule has 1 aliphatic carbocycles. The first-order valence-electron chi connectivity index (χ1n) is 5.64. The number of ether oxygens (including phenoxy) is 2. The van der Waals surface area contributed by atoms with Gasteiger partial charge in [0.25, 0.3) is 0 Å². The third-order valence-corrected chi connectivity index (χ3v) is 2.86. The Morgan fingerprint density at radius 1 is 1.27 bits per heavy atom. The van der Waals surface area contributed by atoms with Crippen molar-refractivity contribution in [1.29, 1.82) is 0 Å². The van der Waals surface area contributed by atoms with Crippen molar-refractivity contribution in [2.45, 2.75) is 38.6 Å². The maximum atomic E-state index is 11.3. The fourth-order valence-electron chi connectivity index (χ4n) is 1.83. The lowest BCUT2D eigenvalue weighted by Gasteiger charge is -2.26. The number of hydrogen-bond donors (Lipinski definition) is 1. The first-order valence-corrected chi connectivity index (χ1v) is 5.64. The quantitative estimate of drug-likeness (QED) is 0.729. The van der Waals surface area contributed by atoms with E-state index in [1.165, 1.54) is 12.8 Å². The minimum Gasteiger partial charge on any atom is -0.447 e. The Kier molecular flexibility index (Phi) is 5.47. The zero-order chi connectivity index (χ0) is 11.1. The van der Waals surface area contributed by atoms with Crippen LogP contribution in [0.3, 0.4) is 0 Å². The van der Waals surface area contributed by atoms with Gasteiger partial charge >= 0.3 is 6.09 Å².